The highest BCUT2D eigenvalue weighted by Gasteiger charge is 2.13. The number of aryl methyl sites for hydroxylation is 1. The normalized spacial score (nSPS) is 10.7. The summed E-state index contributed by atoms with van der Waals surface area (Å²) in [6, 6.07) is 18.5. The second-order valence-electron chi connectivity index (χ2n) is 8.31. The maximum Gasteiger partial charge on any atom is 0.323 e. The van der Waals surface area contributed by atoms with E-state index in [1.165, 1.54) is 5.56 Å². The molecule has 0 aliphatic heterocycles. The number of pyridine rings is 1. The lowest BCUT2D eigenvalue weighted by molar-refractivity contribution is 0.262. The van der Waals surface area contributed by atoms with E-state index in [0.717, 1.165) is 16.8 Å². The van der Waals surface area contributed by atoms with Crippen molar-refractivity contribution in [2.24, 2.45) is 0 Å². The number of nitrogens with zero attached hydrogens (tertiary/aromatic N) is 3. The number of rotatable bonds is 7. The van der Waals surface area contributed by atoms with Crippen LogP contribution in [0.5, 0.6) is 11.6 Å². The first-order valence-electron chi connectivity index (χ1n) is 11.4. The van der Waals surface area contributed by atoms with Crippen LogP contribution in [0.1, 0.15) is 30.9 Å². The Kier molecular flexibility index (Phi) is 7.21. The number of carbonyl (C=O) groups is 1. The summed E-state index contributed by atoms with van der Waals surface area (Å²) < 4.78 is 6.13. The van der Waals surface area contributed by atoms with Crippen LogP contribution in [-0.2, 0) is 0 Å². The minimum absolute atomic E-state index is 0.313. The van der Waals surface area contributed by atoms with Gasteiger partial charge in [0.25, 0.3) is 0 Å². The summed E-state index contributed by atoms with van der Waals surface area (Å²) >= 11 is 0. The van der Waals surface area contributed by atoms with Crippen LogP contribution in [0, 0.1) is 6.92 Å². The molecule has 2 aromatic carbocycles. The van der Waals surface area contributed by atoms with Gasteiger partial charge in [-0.25, -0.2) is 19.7 Å². The summed E-state index contributed by atoms with van der Waals surface area (Å²) in [4.78, 5) is 25.5. The van der Waals surface area contributed by atoms with Gasteiger partial charge >= 0.3 is 6.03 Å². The summed E-state index contributed by atoms with van der Waals surface area (Å²) in [5.74, 6) is 2.01. The van der Waals surface area contributed by atoms with Crippen molar-refractivity contribution in [1.29, 1.82) is 0 Å². The molecule has 0 fully saturated rings. The molecule has 178 valence electrons. The largest absolute Gasteiger partial charge is 0.438 e. The zero-order valence-corrected chi connectivity index (χ0v) is 20.2. The van der Waals surface area contributed by atoms with Crippen molar-refractivity contribution in [2.75, 3.05) is 23.0 Å². The van der Waals surface area contributed by atoms with Gasteiger partial charge in [-0.1, -0.05) is 26.0 Å². The molecule has 0 spiro atoms. The topological polar surface area (TPSA) is 101 Å². The van der Waals surface area contributed by atoms with Crippen molar-refractivity contribution in [2.45, 2.75) is 26.7 Å². The number of carbonyl (C=O) groups excluding carboxylic acids is 1. The van der Waals surface area contributed by atoms with Crippen LogP contribution < -0.4 is 20.7 Å². The fourth-order valence-corrected chi connectivity index (χ4v) is 3.49. The number of ether oxygens (including phenoxy) is 1. The zero-order valence-electron chi connectivity index (χ0n) is 20.2. The maximum absolute atomic E-state index is 12.5. The molecule has 8 nitrogen and oxygen atoms in total. The van der Waals surface area contributed by atoms with E-state index in [4.69, 9.17) is 4.74 Å². The van der Waals surface area contributed by atoms with Crippen LogP contribution in [0.25, 0.3) is 11.3 Å². The molecule has 3 N–H and O–H groups in total. The molecule has 2 heterocycles. The Morgan fingerprint density at radius 2 is 1.66 bits per heavy atom. The van der Waals surface area contributed by atoms with Gasteiger partial charge in [0.2, 0.25) is 11.8 Å². The van der Waals surface area contributed by atoms with Gasteiger partial charge in [0.1, 0.15) is 5.75 Å². The van der Waals surface area contributed by atoms with E-state index in [-0.39, 0.29) is 6.03 Å². The van der Waals surface area contributed by atoms with Gasteiger partial charge in [-0.15, -0.1) is 0 Å². The average Bonchev–Trinajstić information content (AvgIpc) is 2.86. The molecule has 0 unspecified atom stereocenters. The van der Waals surface area contributed by atoms with Crippen LogP contribution in [0.3, 0.4) is 0 Å². The van der Waals surface area contributed by atoms with Crippen molar-refractivity contribution >= 4 is 23.4 Å². The third kappa shape index (κ3) is 5.92. The van der Waals surface area contributed by atoms with Gasteiger partial charge in [-0.05, 0) is 72.5 Å². The minimum Gasteiger partial charge on any atom is -0.438 e. The smallest absolute Gasteiger partial charge is 0.323 e. The number of aromatic nitrogens is 3. The fourth-order valence-electron chi connectivity index (χ4n) is 3.49. The second kappa shape index (κ2) is 10.6. The van der Waals surface area contributed by atoms with Gasteiger partial charge < -0.3 is 20.7 Å². The molecule has 2 amide bonds. The van der Waals surface area contributed by atoms with E-state index in [1.807, 2.05) is 49.4 Å². The lowest BCUT2D eigenvalue weighted by Gasteiger charge is -2.14. The van der Waals surface area contributed by atoms with E-state index in [9.17, 15) is 4.79 Å². The monoisotopic (exact) mass is 468 g/mol. The first-order valence-corrected chi connectivity index (χ1v) is 11.4. The van der Waals surface area contributed by atoms with E-state index in [0.29, 0.717) is 34.9 Å². The highest BCUT2D eigenvalue weighted by atomic mass is 16.5. The van der Waals surface area contributed by atoms with Crippen molar-refractivity contribution in [3.63, 3.8) is 0 Å². The summed E-state index contributed by atoms with van der Waals surface area (Å²) in [7, 11) is 1.77. The lowest BCUT2D eigenvalue weighted by atomic mass is 10.0. The molecule has 0 bridgehead atoms. The second-order valence-corrected chi connectivity index (χ2v) is 8.31. The van der Waals surface area contributed by atoms with Crippen molar-refractivity contribution in [3.05, 3.63) is 84.2 Å². The molecule has 35 heavy (non-hydrogen) atoms. The Balaban J connectivity index is 1.46. The van der Waals surface area contributed by atoms with Gasteiger partial charge in [-0.3, -0.25) is 0 Å². The van der Waals surface area contributed by atoms with Crippen LogP contribution in [0.15, 0.2) is 73.1 Å². The molecule has 0 atom stereocenters. The highest BCUT2D eigenvalue weighted by molar-refractivity contribution is 5.99. The van der Waals surface area contributed by atoms with Crippen molar-refractivity contribution in [3.8, 4) is 22.9 Å². The van der Waals surface area contributed by atoms with E-state index in [2.05, 4.69) is 44.7 Å². The third-order valence-corrected chi connectivity index (χ3v) is 5.40. The Morgan fingerprint density at radius 1 is 0.914 bits per heavy atom. The standard InChI is InChI=1S/C27H28N6O2/c1-17(2)19-7-9-20(10-8-19)31-27(34)32-21-11-12-24(18(3)16-21)35-25-22(6-5-14-29-25)23-13-15-30-26(28-4)33-23/h5-17H,1-4H3,(H,28,30,33)(H2,31,32,34). The predicted octanol–water partition coefficient (Wildman–Crippen LogP) is 6.45. The maximum atomic E-state index is 12.5. The molecule has 4 aromatic rings. The quantitative estimate of drug-likeness (QED) is 0.288. The first-order chi connectivity index (χ1) is 16.9. The Morgan fingerprint density at radius 3 is 2.37 bits per heavy atom. The summed E-state index contributed by atoms with van der Waals surface area (Å²) in [6.45, 7) is 6.18. The number of amides is 2. The third-order valence-electron chi connectivity index (χ3n) is 5.40. The van der Waals surface area contributed by atoms with Gasteiger partial charge in [0.15, 0.2) is 0 Å². The lowest BCUT2D eigenvalue weighted by Crippen LogP contribution is -2.19. The molecule has 0 saturated carbocycles. The Bertz CT molecular complexity index is 1320. The molecule has 2 aromatic heterocycles. The van der Waals surface area contributed by atoms with Gasteiger partial charge in [0.05, 0.1) is 11.3 Å². The number of hydrogen-bond acceptors (Lipinski definition) is 6. The number of anilines is 3. The molecule has 0 radical (unpaired) electrons. The van der Waals surface area contributed by atoms with E-state index < -0.39 is 0 Å². The molecule has 8 heteroatoms. The minimum atomic E-state index is -0.313. The molecule has 0 aliphatic carbocycles. The van der Waals surface area contributed by atoms with Crippen molar-refractivity contribution in [1.82, 2.24) is 15.0 Å². The molecule has 4 rings (SSSR count). The number of urea groups is 1. The van der Waals surface area contributed by atoms with Crippen LogP contribution in [-0.4, -0.2) is 28.0 Å². The van der Waals surface area contributed by atoms with Gasteiger partial charge in [-0.2, -0.15) is 0 Å². The number of nitrogens with one attached hydrogen (secondary N) is 3. The van der Waals surface area contributed by atoms with Gasteiger partial charge in [0, 0.05) is 30.8 Å². The van der Waals surface area contributed by atoms with E-state index >= 15 is 0 Å². The zero-order chi connectivity index (χ0) is 24.8. The number of hydrogen-bond donors (Lipinski definition) is 3. The average molecular weight is 469 g/mol. The van der Waals surface area contributed by atoms with Crippen LogP contribution in [0.4, 0.5) is 22.1 Å². The first kappa shape index (κ1) is 23.7. The molecule has 0 saturated heterocycles. The Hall–Kier alpha value is -4.46. The van der Waals surface area contributed by atoms with Crippen LogP contribution >= 0.6 is 0 Å². The molecular weight excluding hydrogens is 440 g/mol. The Labute approximate surface area is 204 Å². The molecule has 0 aliphatic rings. The predicted molar refractivity (Wildman–Crippen MR) is 139 cm³/mol. The van der Waals surface area contributed by atoms with Crippen LogP contribution in [0.2, 0.25) is 0 Å². The highest BCUT2D eigenvalue weighted by Crippen LogP contribution is 2.33. The van der Waals surface area contributed by atoms with E-state index in [1.54, 1.807) is 37.6 Å². The summed E-state index contributed by atoms with van der Waals surface area (Å²) in [5.41, 5.74) is 4.90. The fraction of sp³-hybridized carbons (Fsp3) is 0.185. The van der Waals surface area contributed by atoms with Crippen molar-refractivity contribution < 1.29 is 9.53 Å². The molecular formula is C27H28N6O2. The SMILES string of the molecule is CNc1nccc(-c2cccnc2Oc2ccc(NC(=O)Nc3ccc(C(C)C)cc3)cc2C)n1. The number of benzene rings is 2. The summed E-state index contributed by atoms with van der Waals surface area (Å²) in [5, 5.41) is 8.66. The summed E-state index contributed by atoms with van der Waals surface area (Å²) in [6.07, 6.45) is 3.35.